The van der Waals surface area contributed by atoms with Gasteiger partial charge in [0, 0.05) is 6.42 Å². The quantitative estimate of drug-likeness (QED) is 0.510. The SMILES string of the molecule is CCOC(=O)C1CCCC[N+]1(C)CC. The van der Waals surface area contributed by atoms with Crippen molar-refractivity contribution in [1.29, 1.82) is 0 Å². The number of hydrogen-bond donors (Lipinski definition) is 0. The molecule has 0 aromatic heterocycles. The summed E-state index contributed by atoms with van der Waals surface area (Å²) in [6.45, 7) is 6.65. The average Bonchev–Trinajstić information content (AvgIpc) is 2.19. The molecule has 1 heterocycles. The Morgan fingerprint density at radius 3 is 2.71 bits per heavy atom. The molecule has 1 aliphatic heterocycles. The van der Waals surface area contributed by atoms with Crippen LogP contribution in [0.3, 0.4) is 0 Å². The Morgan fingerprint density at radius 2 is 2.14 bits per heavy atom. The summed E-state index contributed by atoms with van der Waals surface area (Å²) in [5, 5.41) is 0. The Hall–Kier alpha value is -0.570. The van der Waals surface area contributed by atoms with Crippen molar-refractivity contribution in [1.82, 2.24) is 0 Å². The van der Waals surface area contributed by atoms with Gasteiger partial charge in [-0.2, -0.15) is 0 Å². The largest absolute Gasteiger partial charge is 0.462 e. The highest BCUT2D eigenvalue weighted by Gasteiger charge is 2.40. The van der Waals surface area contributed by atoms with Gasteiger partial charge in [0.2, 0.25) is 0 Å². The molecule has 0 spiro atoms. The van der Waals surface area contributed by atoms with Gasteiger partial charge in [-0.1, -0.05) is 0 Å². The number of carbonyl (C=O) groups is 1. The molecular weight excluding hydrogens is 178 g/mol. The Morgan fingerprint density at radius 1 is 1.43 bits per heavy atom. The molecule has 1 rings (SSSR count). The van der Waals surface area contributed by atoms with Crippen LogP contribution in [0.2, 0.25) is 0 Å². The van der Waals surface area contributed by atoms with Crippen molar-refractivity contribution in [3.05, 3.63) is 0 Å². The highest BCUT2D eigenvalue weighted by molar-refractivity contribution is 5.74. The molecule has 3 nitrogen and oxygen atoms in total. The zero-order valence-electron chi connectivity index (χ0n) is 9.58. The maximum absolute atomic E-state index is 11.7. The van der Waals surface area contributed by atoms with Gasteiger partial charge in [0.1, 0.15) is 0 Å². The van der Waals surface area contributed by atoms with Gasteiger partial charge >= 0.3 is 5.97 Å². The summed E-state index contributed by atoms with van der Waals surface area (Å²) < 4.78 is 5.98. The third-order valence-electron chi connectivity index (χ3n) is 3.43. The Labute approximate surface area is 86.6 Å². The van der Waals surface area contributed by atoms with Gasteiger partial charge in [0.15, 0.2) is 6.04 Å². The molecule has 14 heavy (non-hydrogen) atoms. The number of ether oxygens (including phenoxy) is 1. The minimum atomic E-state index is -0.00319. The summed E-state index contributed by atoms with van der Waals surface area (Å²) in [6, 6.07) is 0.0775. The second-order valence-corrected chi connectivity index (χ2v) is 4.28. The molecule has 0 bridgehead atoms. The van der Waals surface area contributed by atoms with Gasteiger partial charge in [0.05, 0.1) is 26.7 Å². The molecule has 1 aliphatic rings. The second kappa shape index (κ2) is 4.78. The molecule has 82 valence electrons. The molecule has 0 radical (unpaired) electrons. The van der Waals surface area contributed by atoms with Gasteiger partial charge in [-0.05, 0) is 26.7 Å². The van der Waals surface area contributed by atoms with Crippen molar-refractivity contribution in [3.8, 4) is 0 Å². The molecule has 0 saturated carbocycles. The summed E-state index contributed by atoms with van der Waals surface area (Å²) >= 11 is 0. The summed E-state index contributed by atoms with van der Waals surface area (Å²) in [7, 11) is 2.17. The smallest absolute Gasteiger partial charge is 0.364 e. The van der Waals surface area contributed by atoms with E-state index in [9.17, 15) is 4.79 Å². The number of carbonyl (C=O) groups excluding carboxylic acids is 1. The topological polar surface area (TPSA) is 26.3 Å². The molecule has 0 aliphatic carbocycles. The van der Waals surface area contributed by atoms with E-state index in [1.807, 2.05) is 6.92 Å². The third-order valence-corrected chi connectivity index (χ3v) is 3.43. The van der Waals surface area contributed by atoms with Gasteiger partial charge in [-0.3, -0.25) is 0 Å². The van der Waals surface area contributed by atoms with Crippen LogP contribution in [-0.4, -0.2) is 43.2 Å². The minimum Gasteiger partial charge on any atom is -0.462 e. The second-order valence-electron chi connectivity index (χ2n) is 4.28. The van der Waals surface area contributed by atoms with Crippen molar-refractivity contribution < 1.29 is 14.0 Å². The molecule has 2 atom stereocenters. The van der Waals surface area contributed by atoms with E-state index in [4.69, 9.17) is 4.74 Å². The molecule has 0 amide bonds. The fraction of sp³-hybridized carbons (Fsp3) is 0.909. The van der Waals surface area contributed by atoms with Gasteiger partial charge < -0.3 is 9.22 Å². The predicted molar refractivity (Wildman–Crippen MR) is 55.9 cm³/mol. The zero-order valence-corrected chi connectivity index (χ0v) is 9.58. The van der Waals surface area contributed by atoms with Crippen LogP contribution in [0, 0.1) is 0 Å². The number of piperidine rings is 1. The molecule has 3 heteroatoms. The number of nitrogens with zero attached hydrogens (tertiary/aromatic N) is 1. The van der Waals surface area contributed by atoms with E-state index in [0.29, 0.717) is 6.61 Å². The predicted octanol–water partition coefficient (Wildman–Crippen LogP) is 1.57. The molecule has 2 unspecified atom stereocenters. The van der Waals surface area contributed by atoms with Crippen LogP contribution in [0.5, 0.6) is 0 Å². The van der Waals surface area contributed by atoms with Crippen LogP contribution in [0.25, 0.3) is 0 Å². The van der Waals surface area contributed by atoms with Crippen LogP contribution in [0.1, 0.15) is 33.1 Å². The molecular formula is C11H22NO2+. The van der Waals surface area contributed by atoms with E-state index in [1.54, 1.807) is 0 Å². The number of esters is 1. The molecule has 1 saturated heterocycles. The lowest BCUT2D eigenvalue weighted by Crippen LogP contribution is -2.58. The number of rotatable bonds is 3. The van der Waals surface area contributed by atoms with Crippen LogP contribution < -0.4 is 0 Å². The maximum atomic E-state index is 11.7. The first-order valence-electron chi connectivity index (χ1n) is 5.65. The zero-order chi connectivity index (χ0) is 10.6. The van der Waals surface area contributed by atoms with Gasteiger partial charge in [-0.15, -0.1) is 0 Å². The highest BCUT2D eigenvalue weighted by Crippen LogP contribution is 2.24. The highest BCUT2D eigenvalue weighted by atomic mass is 16.5. The maximum Gasteiger partial charge on any atom is 0.364 e. The average molecular weight is 200 g/mol. The van der Waals surface area contributed by atoms with Crippen molar-refractivity contribution in [2.75, 3.05) is 26.7 Å². The third kappa shape index (κ3) is 2.27. The van der Waals surface area contributed by atoms with E-state index in [1.165, 1.54) is 6.42 Å². The van der Waals surface area contributed by atoms with E-state index in [2.05, 4.69) is 14.0 Å². The summed E-state index contributed by atoms with van der Waals surface area (Å²) in [6.07, 6.45) is 3.39. The van der Waals surface area contributed by atoms with Crippen molar-refractivity contribution in [2.45, 2.75) is 39.2 Å². The molecule has 1 fully saturated rings. The lowest BCUT2D eigenvalue weighted by molar-refractivity contribution is -0.928. The lowest BCUT2D eigenvalue weighted by Gasteiger charge is -2.42. The number of hydrogen-bond acceptors (Lipinski definition) is 2. The number of quaternary nitrogens is 1. The Bertz CT molecular complexity index is 205. The first-order chi connectivity index (χ1) is 6.64. The fourth-order valence-corrected chi connectivity index (χ4v) is 2.27. The molecule has 0 aromatic carbocycles. The van der Waals surface area contributed by atoms with Crippen LogP contribution >= 0.6 is 0 Å². The fourth-order valence-electron chi connectivity index (χ4n) is 2.27. The van der Waals surface area contributed by atoms with Gasteiger partial charge in [0.25, 0.3) is 0 Å². The number of likely N-dealkylation sites (N-methyl/N-ethyl adjacent to an activating group) is 1. The minimum absolute atomic E-state index is 0.00319. The Balaban J connectivity index is 2.67. The van der Waals surface area contributed by atoms with E-state index < -0.39 is 0 Å². The van der Waals surface area contributed by atoms with Crippen molar-refractivity contribution in [3.63, 3.8) is 0 Å². The van der Waals surface area contributed by atoms with Crippen molar-refractivity contribution >= 4 is 5.97 Å². The van der Waals surface area contributed by atoms with E-state index >= 15 is 0 Å². The molecule has 0 aromatic rings. The number of likely N-dealkylation sites (tertiary alicyclic amines) is 1. The Kier molecular flexibility index (Phi) is 3.93. The van der Waals surface area contributed by atoms with Crippen LogP contribution in [0.4, 0.5) is 0 Å². The lowest BCUT2D eigenvalue weighted by atomic mass is 9.99. The van der Waals surface area contributed by atoms with Crippen molar-refractivity contribution in [2.24, 2.45) is 0 Å². The summed E-state index contributed by atoms with van der Waals surface area (Å²) in [5.74, 6) is -0.00319. The normalized spacial score (nSPS) is 32.6. The van der Waals surface area contributed by atoms with Crippen LogP contribution in [0.15, 0.2) is 0 Å². The van der Waals surface area contributed by atoms with E-state index in [0.717, 1.165) is 30.4 Å². The van der Waals surface area contributed by atoms with Crippen LogP contribution in [-0.2, 0) is 9.53 Å². The summed E-state index contributed by atoms with van der Waals surface area (Å²) in [5.41, 5.74) is 0. The van der Waals surface area contributed by atoms with Gasteiger partial charge in [-0.25, -0.2) is 4.79 Å². The first-order valence-corrected chi connectivity index (χ1v) is 5.65. The molecule has 0 N–H and O–H groups in total. The van der Waals surface area contributed by atoms with E-state index in [-0.39, 0.29) is 12.0 Å². The monoisotopic (exact) mass is 200 g/mol. The summed E-state index contributed by atoms with van der Waals surface area (Å²) in [4.78, 5) is 11.7. The standard InChI is InChI=1S/C11H22NO2/c1-4-12(3)9-7-6-8-10(12)11(13)14-5-2/h10H,4-9H2,1-3H3/q+1. The first kappa shape index (κ1) is 11.5.